The Morgan fingerprint density at radius 2 is 1.00 bits per heavy atom. The maximum atomic E-state index is 6.47. The fourth-order valence-corrected chi connectivity index (χ4v) is 10.9. The minimum Gasteiger partial charge on any atom is -0.455 e. The molecule has 0 aliphatic heterocycles. The Hall–Kier alpha value is -7.92. The third-order valence-corrected chi connectivity index (χ3v) is 13.8. The Labute approximate surface area is 361 Å². The first kappa shape index (κ1) is 34.9. The van der Waals surface area contributed by atoms with Crippen LogP contribution in [0.5, 0.6) is 0 Å². The van der Waals surface area contributed by atoms with Crippen molar-refractivity contribution < 1.29 is 4.42 Å². The number of hydrogen-bond acceptors (Lipinski definition) is 3. The molecule has 0 saturated heterocycles. The van der Waals surface area contributed by atoms with Gasteiger partial charge in [-0.25, -0.2) is 0 Å². The summed E-state index contributed by atoms with van der Waals surface area (Å²) in [6, 6.07) is 79.3. The van der Waals surface area contributed by atoms with Gasteiger partial charge in [0.15, 0.2) is 0 Å². The second-order valence-corrected chi connectivity index (χ2v) is 17.1. The van der Waals surface area contributed by atoms with Crippen molar-refractivity contribution in [3.63, 3.8) is 0 Å². The summed E-state index contributed by atoms with van der Waals surface area (Å²) in [5.74, 6) is 0. The standard InChI is InChI=1S/C58H36N2OS/c1-2-13-40-34-43(33-24-37(40)12-1)59(41-29-25-38(26-30-41)45-18-11-19-50-48-16-5-9-22-55(48)61-57(45)50)44-35-51(58-52(36-44)49-17-6-10-23-56(49)62-58)39-27-31-42(32-28-39)60-53-20-7-3-14-46(53)47-15-4-8-21-54(47)60/h1-36H. The molecular weight excluding hydrogens is 773 g/mol. The van der Waals surface area contributed by atoms with Crippen molar-refractivity contribution in [1.82, 2.24) is 4.57 Å². The smallest absolute Gasteiger partial charge is 0.143 e. The molecule has 0 aliphatic carbocycles. The fraction of sp³-hybridized carbons (Fsp3) is 0. The summed E-state index contributed by atoms with van der Waals surface area (Å²) in [5, 5.41) is 9.73. The number of fused-ring (bicyclic) bond motifs is 10. The van der Waals surface area contributed by atoms with Crippen molar-refractivity contribution in [3.8, 4) is 27.9 Å². The molecule has 0 N–H and O–H groups in total. The van der Waals surface area contributed by atoms with Gasteiger partial charge in [-0.2, -0.15) is 0 Å². The highest BCUT2D eigenvalue weighted by Gasteiger charge is 2.21. The lowest BCUT2D eigenvalue weighted by Crippen LogP contribution is -2.10. The minimum absolute atomic E-state index is 0.905. The summed E-state index contributed by atoms with van der Waals surface area (Å²) in [7, 11) is 0. The van der Waals surface area contributed by atoms with Gasteiger partial charge < -0.3 is 13.9 Å². The van der Waals surface area contributed by atoms with Crippen LogP contribution in [0.25, 0.3) is 103 Å². The van der Waals surface area contributed by atoms with Crippen molar-refractivity contribution in [1.29, 1.82) is 0 Å². The molecule has 0 radical (unpaired) electrons. The van der Waals surface area contributed by atoms with Gasteiger partial charge >= 0.3 is 0 Å². The number of anilines is 3. The van der Waals surface area contributed by atoms with Gasteiger partial charge in [0, 0.05) is 75.6 Å². The van der Waals surface area contributed by atoms with Crippen LogP contribution in [-0.4, -0.2) is 4.57 Å². The highest BCUT2D eigenvalue weighted by molar-refractivity contribution is 7.26. The Kier molecular flexibility index (Phi) is 7.78. The lowest BCUT2D eigenvalue weighted by molar-refractivity contribution is 0.670. The minimum atomic E-state index is 0.905. The lowest BCUT2D eigenvalue weighted by Gasteiger charge is -2.27. The second-order valence-electron chi connectivity index (χ2n) is 16.1. The van der Waals surface area contributed by atoms with Gasteiger partial charge in [0.1, 0.15) is 11.2 Å². The van der Waals surface area contributed by atoms with Crippen LogP contribution in [-0.2, 0) is 0 Å². The number of benzene rings is 10. The van der Waals surface area contributed by atoms with E-state index in [0.717, 1.165) is 55.8 Å². The molecule has 0 aliphatic rings. The molecule has 0 unspecified atom stereocenters. The second kappa shape index (κ2) is 13.8. The van der Waals surface area contributed by atoms with Crippen LogP contribution in [0, 0.1) is 0 Å². The Balaban J connectivity index is 0.993. The largest absolute Gasteiger partial charge is 0.455 e. The quantitative estimate of drug-likeness (QED) is 0.167. The van der Waals surface area contributed by atoms with E-state index >= 15 is 0 Å². The maximum Gasteiger partial charge on any atom is 0.143 e. The summed E-state index contributed by atoms with van der Waals surface area (Å²) in [6.07, 6.45) is 0. The van der Waals surface area contributed by atoms with Crippen molar-refractivity contribution in [3.05, 3.63) is 218 Å². The summed E-state index contributed by atoms with van der Waals surface area (Å²) in [5.41, 5.74) is 13.3. The summed E-state index contributed by atoms with van der Waals surface area (Å²) >= 11 is 1.87. The Bertz CT molecular complexity index is 3820. The molecule has 10 aromatic carbocycles. The molecule has 3 heterocycles. The summed E-state index contributed by atoms with van der Waals surface area (Å²) < 4.78 is 11.4. The molecule has 3 nitrogen and oxygen atoms in total. The highest BCUT2D eigenvalue weighted by atomic mass is 32.1. The molecule has 62 heavy (non-hydrogen) atoms. The Morgan fingerprint density at radius 3 is 1.79 bits per heavy atom. The molecule has 13 aromatic rings. The molecular formula is C58H36N2OS. The SMILES string of the molecule is c1ccc2cc(N(c3ccc(-c4cccc5c4oc4ccccc45)cc3)c3cc(-c4ccc(-n5c6ccccc6c6ccccc65)cc4)c4sc5ccccc5c4c3)ccc2c1. The van der Waals surface area contributed by atoms with E-state index in [2.05, 4.69) is 216 Å². The van der Waals surface area contributed by atoms with Crippen molar-refractivity contribution in [2.24, 2.45) is 0 Å². The first-order valence-corrected chi connectivity index (χ1v) is 21.9. The average Bonchev–Trinajstić information content (AvgIpc) is 4.02. The van der Waals surface area contributed by atoms with Crippen LogP contribution in [0.4, 0.5) is 17.1 Å². The number of rotatable bonds is 6. The zero-order valence-electron chi connectivity index (χ0n) is 33.5. The number of nitrogens with zero attached hydrogens (tertiary/aromatic N) is 2. The molecule has 13 rings (SSSR count). The topological polar surface area (TPSA) is 21.3 Å². The number of aromatic nitrogens is 1. The highest BCUT2D eigenvalue weighted by Crippen LogP contribution is 2.47. The number of thiophene rings is 1. The monoisotopic (exact) mass is 808 g/mol. The van der Waals surface area contributed by atoms with E-state index in [1.165, 1.54) is 63.9 Å². The van der Waals surface area contributed by atoms with Crippen LogP contribution in [0.15, 0.2) is 223 Å². The predicted octanol–water partition coefficient (Wildman–Crippen LogP) is 17.0. The Morgan fingerprint density at radius 1 is 0.387 bits per heavy atom. The summed E-state index contributed by atoms with van der Waals surface area (Å²) in [6.45, 7) is 0. The first-order chi connectivity index (χ1) is 30.7. The maximum absolute atomic E-state index is 6.47. The van der Waals surface area contributed by atoms with Gasteiger partial charge in [0.05, 0.1) is 11.0 Å². The molecule has 0 fully saturated rings. The van der Waals surface area contributed by atoms with Crippen LogP contribution in [0.3, 0.4) is 0 Å². The van der Waals surface area contributed by atoms with Crippen LogP contribution >= 0.6 is 11.3 Å². The van der Waals surface area contributed by atoms with E-state index < -0.39 is 0 Å². The molecule has 0 saturated carbocycles. The van der Waals surface area contributed by atoms with Crippen LogP contribution in [0.1, 0.15) is 0 Å². The van der Waals surface area contributed by atoms with Crippen LogP contribution < -0.4 is 4.90 Å². The number of hydrogen-bond donors (Lipinski definition) is 0. The number of furan rings is 1. The molecule has 3 aromatic heterocycles. The van der Waals surface area contributed by atoms with Gasteiger partial charge in [-0.05, 0) is 94.7 Å². The van der Waals surface area contributed by atoms with Crippen LogP contribution in [0.2, 0.25) is 0 Å². The number of para-hydroxylation sites is 4. The van der Waals surface area contributed by atoms with Gasteiger partial charge in [-0.1, -0.05) is 146 Å². The van der Waals surface area contributed by atoms with E-state index in [1.807, 2.05) is 23.5 Å². The summed E-state index contributed by atoms with van der Waals surface area (Å²) in [4.78, 5) is 2.42. The molecule has 0 amide bonds. The van der Waals surface area contributed by atoms with Gasteiger partial charge in [-0.15, -0.1) is 11.3 Å². The van der Waals surface area contributed by atoms with E-state index in [4.69, 9.17) is 4.42 Å². The molecule has 290 valence electrons. The average molecular weight is 809 g/mol. The van der Waals surface area contributed by atoms with Crippen molar-refractivity contribution in [2.75, 3.05) is 4.90 Å². The van der Waals surface area contributed by atoms with Crippen molar-refractivity contribution in [2.45, 2.75) is 0 Å². The third-order valence-electron chi connectivity index (χ3n) is 12.6. The first-order valence-electron chi connectivity index (χ1n) is 21.1. The predicted molar refractivity (Wildman–Crippen MR) is 264 cm³/mol. The normalized spacial score (nSPS) is 11.9. The van der Waals surface area contributed by atoms with E-state index in [0.29, 0.717) is 0 Å². The van der Waals surface area contributed by atoms with Gasteiger partial charge in [0.25, 0.3) is 0 Å². The molecule has 0 bridgehead atoms. The van der Waals surface area contributed by atoms with E-state index in [1.54, 1.807) is 0 Å². The van der Waals surface area contributed by atoms with Gasteiger partial charge in [-0.3, -0.25) is 0 Å². The van der Waals surface area contributed by atoms with Crippen molar-refractivity contribution >= 4 is 103 Å². The molecule has 0 spiro atoms. The van der Waals surface area contributed by atoms with Gasteiger partial charge in [0.2, 0.25) is 0 Å². The fourth-order valence-electron chi connectivity index (χ4n) is 9.67. The molecule has 4 heteroatoms. The van der Waals surface area contributed by atoms with E-state index in [9.17, 15) is 0 Å². The zero-order chi connectivity index (χ0) is 40.7. The zero-order valence-corrected chi connectivity index (χ0v) is 34.3. The lowest BCUT2D eigenvalue weighted by atomic mass is 9.99. The molecule has 0 atom stereocenters. The van der Waals surface area contributed by atoms with E-state index in [-0.39, 0.29) is 0 Å². The third kappa shape index (κ3) is 5.44.